The van der Waals surface area contributed by atoms with Crippen LogP contribution in [-0.4, -0.2) is 51.3 Å². The summed E-state index contributed by atoms with van der Waals surface area (Å²) < 4.78 is 10.5. The van der Waals surface area contributed by atoms with Crippen LogP contribution in [-0.2, 0) is 19.5 Å². The zero-order valence-corrected chi connectivity index (χ0v) is 14.0. The molecule has 0 unspecified atom stereocenters. The van der Waals surface area contributed by atoms with E-state index in [9.17, 15) is 0 Å². The Kier molecular flexibility index (Phi) is 5.40. The van der Waals surface area contributed by atoms with Crippen molar-refractivity contribution in [3.63, 3.8) is 0 Å². The minimum Gasteiger partial charge on any atom is -0.361 e. The van der Waals surface area contributed by atoms with Gasteiger partial charge >= 0.3 is 0 Å². The molecule has 1 saturated heterocycles. The highest BCUT2D eigenvalue weighted by molar-refractivity contribution is 5.03. The van der Waals surface area contributed by atoms with Crippen molar-refractivity contribution >= 4 is 0 Å². The number of rotatable bonds is 7. The van der Waals surface area contributed by atoms with Crippen LogP contribution in [0.1, 0.15) is 42.9 Å². The lowest BCUT2D eigenvalue weighted by Gasteiger charge is -2.33. The molecule has 7 heteroatoms. The molecule has 126 valence electrons. The maximum absolute atomic E-state index is 5.35. The fourth-order valence-electron chi connectivity index (χ4n) is 2.81. The van der Waals surface area contributed by atoms with Gasteiger partial charge in [0.2, 0.25) is 5.89 Å². The van der Waals surface area contributed by atoms with E-state index in [1.165, 1.54) is 0 Å². The Bertz CT molecular complexity index is 601. The summed E-state index contributed by atoms with van der Waals surface area (Å²) >= 11 is 0. The standard InChI is InChI=1S/C16H25N5O2/c1-3-4-5-15-17-16(23-19-15)12-21-8-6-20(7-9-21)11-14-10-13(2)22-18-14/h10H,3-9,11-12H2,1-2H3. The molecule has 0 atom stereocenters. The third kappa shape index (κ3) is 4.62. The summed E-state index contributed by atoms with van der Waals surface area (Å²) in [5.74, 6) is 2.44. The highest BCUT2D eigenvalue weighted by atomic mass is 16.5. The molecular weight excluding hydrogens is 294 g/mol. The van der Waals surface area contributed by atoms with Crippen molar-refractivity contribution in [1.29, 1.82) is 0 Å². The average molecular weight is 319 g/mol. The molecule has 0 bridgehead atoms. The first-order chi connectivity index (χ1) is 11.2. The summed E-state index contributed by atoms with van der Waals surface area (Å²) in [7, 11) is 0. The monoisotopic (exact) mass is 319 g/mol. The predicted octanol–water partition coefficient (Wildman–Crippen LogP) is 2.03. The van der Waals surface area contributed by atoms with E-state index in [1.54, 1.807) is 0 Å². The van der Waals surface area contributed by atoms with E-state index < -0.39 is 0 Å². The smallest absolute Gasteiger partial charge is 0.240 e. The van der Waals surface area contributed by atoms with Crippen LogP contribution in [0.15, 0.2) is 15.1 Å². The molecule has 0 N–H and O–H groups in total. The second kappa shape index (κ2) is 7.70. The van der Waals surface area contributed by atoms with Gasteiger partial charge in [0, 0.05) is 45.2 Å². The number of aryl methyl sites for hydroxylation is 2. The molecular formula is C16H25N5O2. The molecule has 2 aromatic rings. The van der Waals surface area contributed by atoms with Gasteiger partial charge in [0.05, 0.1) is 12.2 Å². The molecule has 7 nitrogen and oxygen atoms in total. The Morgan fingerprint density at radius 3 is 2.43 bits per heavy atom. The van der Waals surface area contributed by atoms with E-state index >= 15 is 0 Å². The van der Waals surface area contributed by atoms with E-state index in [2.05, 4.69) is 32.0 Å². The molecule has 3 heterocycles. The molecule has 0 aromatic carbocycles. The van der Waals surface area contributed by atoms with Gasteiger partial charge < -0.3 is 9.05 Å². The second-order valence-corrected chi connectivity index (χ2v) is 6.19. The van der Waals surface area contributed by atoms with E-state index in [4.69, 9.17) is 9.05 Å². The van der Waals surface area contributed by atoms with Crippen molar-refractivity contribution in [3.8, 4) is 0 Å². The Morgan fingerprint density at radius 2 is 1.78 bits per heavy atom. The van der Waals surface area contributed by atoms with Crippen molar-refractivity contribution in [2.75, 3.05) is 26.2 Å². The Labute approximate surface area is 136 Å². The molecule has 0 radical (unpaired) electrons. The quantitative estimate of drug-likeness (QED) is 0.773. The summed E-state index contributed by atoms with van der Waals surface area (Å²) in [6.07, 6.45) is 3.17. The molecule has 23 heavy (non-hydrogen) atoms. The molecule has 2 aromatic heterocycles. The lowest BCUT2D eigenvalue weighted by atomic mass is 10.2. The zero-order valence-electron chi connectivity index (χ0n) is 14.0. The Morgan fingerprint density at radius 1 is 1.04 bits per heavy atom. The van der Waals surface area contributed by atoms with Crippen LogP contribution in [0.3, 0.4) is 0 Å². The van der Waals surface area contributed by atoms with Crippen molar-refractivity contribution in [3.05, 3.63) is 29.2 Å². The maximum Gasteiger partial charge on any atom is 0.240 e. The molecule has 0 aliphatic carbocycles. The summed E-state index contributed by atoms with van der Waals surface area (Å²) in [5.41, 5.74) is 1.01. The first kappa shape index (κ1) is 16.1. The number of aromatic nitrogens is 3. The van der Waals surface area contributed by atoms with Crippen molar-refractivity contribution in [1.82, 2.24) is 25.1 Å². The fraction of sp³-hybridized carbons (Fsp3) is 0.688. The van der Waals surface area contributed by atoms with Crippen LogP contribution in [0.4, 0.5) is 0 Å². The van der Waals surface area contributed by atoms with Gasteiger partial charge in [0.25, 0.3) is 0 Å². The van der Waals surface area contributed by atoms with Crippen molar-refractivity contribution < 1.29 is 9.05 Å². The summed E-state index contributed by atoms with van der Waals surface area (Å²) in [6.45, 7) is 9.73. The summed E-state index contributed by atoms with van der Waals surface area (Å²) in [5, 5.41) is 8.11. The molecule has 1 aliphatic rings. The van der Waals surface area contributed by atoms with Crippen LogP contribution in [0, 0.1) is 6.92 Å². The number of nitrogens with zero attached hydrogens (tertiary/aromatic N) is 5. The van der Waals surface area contributed by atoms with Gasteiger partial charge in [-0.2, -0.15) is 4.98 Å². The maximum atomic E-state index is 5.35. The highest BCUT2D eigenvalue weighted by Crippen LogP contribution is 2.11. The predicted molar refractivity (Wildman–Crippen MR) is 84.7 cm³/mol. The largest absolute Gasteiger partial charge is 0.361 e. The van der Waals surface area contributed by atoms with Gasteiger partial charge in [0.1, 0.15) is 5.76 Å². The van der Waals surface area contributed by atoms with E-state index in [-0.39, 0.29) is 0 Å². The molecule has 3 rings (SSSR count). The van der Waals surface area contributed by atoms with Gasteiger partial charge in [-0.1, -0.05) is 23.7 Å². The Hall–Kier alpha value is -1.73. The SMILES string of the molecule is CCCCc1noc(CN2CCN(Cc3cc(C)on3)CC2)n1. The second-order valence-electron chi connectivity index (χ2n) is 6.19. The van der Waals surface area contributed by atoms with Gasteiger partial charge in [-0.05, 0) is 13.3 Å². The van der Waals surface area contributed by atoms with Gasteiger partial charge in [-0.3, -0.25) is 9.80 Å². The normalized spacial score (nSPS) is 17.0. The highest BCUT2D eigenvalue weighted by Gasteiger charge is 2.20. The molecule has 0 saturated carbocycles. The minimum absolute atomic E-state index is 0.733. The molecule has 0 amide bonds. The summed E-state index contributed by atoms with van der Waals surface area (Å²) in [6, 6.07) is 2.00. The van der Waals surface area contributed by atoms with Crippen molar-refractivity contribution in [2.24, 2.45) is 0 Å². The number of piperazine rings is 1. The van der Waals surface area contributed by atoms with Gasteiger partial charge in [-0.25, -0.2) is 0 Å². The van der Waals surface area contributed by atoms with Gasteiger partial charge in [0.15, 0.2) is 5.82 Å². The van der Waals surface area contributed by atoms with E-state index in [0.717, 1.165) is 81.7 Å². The van der Waals surface area contributed by atoms with Crippen LogP contribution < -0.4 is 0 Å². The first-order valence-electron chi connectivity index (χ1n) is 8.41. The third-order valence-corrected chi connectivity index (χ3v) is 4.15. The van der Waals surface area contributed by atoms with Crippen LogP contribution >= 0.6 is 0 Å². The summed E-state index contributed by atoms with van der Waals surface area (Å²) in [4.78, 5) is 9.24. The fourth-order valence-corrected chi connectivity index (χ4v) is 2.81. The zero-order chi connectivity index (χ0) is 16.1. The minimum atomic E-state index is 0.733. The van der Waals surface area contributed by atoms with Crippen LogP contribution in [0.25, 0.3) is 0 Å². The van der Waals surface area contributed by atoms with E-state index in [1.807, 2.05) is 13.0 Å². The van der Waals surface area contributed by atoms with Crippen LogP contribution in [0.2, 0.25) is 0 Å². The Balaban J connectivity index is 1.42. The van der Waals surface area contributed by atoms with Crippen LogP contribution in [0.5, 0.6) is 0 Å². The van der Waals surface area contributed by atoms with Gasteiger partial charge in [-0.15, -0.1) is 0 Å². The van der Waals surface area contributed by atoms with Crippen molar-refractivity contribution in [2.45, 2.75) is 46.2 Å². The van der Waals surface area contributed by atoms with E-state index in [0.29, 0.717) is 0 Å². The average Bonchev–Trinajstić information content (AvgIpc) is 3.16. The lowest BCUT2D eigenvalue weighted by molar-refractivity contribution is 0.110. The molecule has 1 aliphatic heterocycles. The number of hydrogen-bond acceptors (Lipinski definition) is 7. The third-order valence-electron chi connectivity index (χ3n) is 4.15. The lowest BCUT2D eigenvalue weighted by Crippen LogP contribution is -2.45. The number of hydrogen-bond donors (Lipinski definition) is 0. The molecule has 1 fully saturated rings. The number of unbranched alkanes of at least 4 members (excludes halogenated alkanes) is 1. The topological polar surface area (TPSA) is 71.4 Å². The first-order valence-corrected chi connectivity index (χ1v) is 8.41. The molecule has 0 spiro atoms.